The second-order valence-electron chi connectivity index (χ2n) is 5.35. The monoisotopic (exact) mass is 405 g/mol. The van der Waals surface area contributed by atoms with E-state index in [4.69, 9.17) is 17.0 Å². The molecule has 9 heteroatoms. The van der Waals surface area contributed by atoms with Gasteiger partial charge in [0.1, 0.15) is 10.1 Å². The average Bonchev–Trinajstić information content (AvgIpc) is 3.16. The first-order valence-electron chi connectivity index (χ1n) is 7.52. The van der Waals surface area contributed by atoms with Crippen molar-refractivity contribution in [3.8, 4) is 5.75 Å². The summed E-state index contributed by atoms with van der Waals surface area (Å²) in [6.07, 6.45) is 1.69. The third-order valence-corrected chi connectivity index (χ3v) is 5.94. The molecule has 0 radical (unpaired) electrons. The molecule has 1 aliphatic heterocycles. The molecule has 2 heterocycles. The van der Waals surface area contributed by atoms with Gasteiger partial charge in [-0.3, -0.25) is 19.4 Å². The van der Waals surface area contributed by atoms with Crippen molar-refractivity contribution in [2.24, 2.45) is 0 Å². The number of benzene rings is 1. The van der Waals surface area contributed by atoms with Gasteiger partial charge < -0.3 is 4.74 Å². The third-order valence-electron chi connectivity index (χ3n) is 3.61. The largest absolute Gasteiger partial charge is 0.497 e. The highest BCUT2D eigenvalue weighted by atomic mass is 32.2. The van der Waals surface area contributed by atoms with Crippen molar-refractivity contribution in [1.82, 2.24) is 9.88 Å². The molecule has 0 bridgehead atoms. The molecule has 0 atom stereocenters. The lowest BCUT2D eigenvalue weighted by atomic mass is 10.3. The molecule has 1 fully saturated rings. The van der Waals surface area contributed by atoms with Crippen LogP contribution in [0.15, 0.2) is 34.6 Å². The Bertz CT molecular complexity index is 905. The van der Waals surface area contributed by atoms with Crippen molar-refractivity contribution >= 4 is 68.3 Å². The van der Waals surface area contributed by atoms with Gasteiger partial charge in [0.25, 0.3) is 5.91 Å². The van der Waals surface area contributed by atoms with E-state index in [1.807, 2.05) is 0 Å². The van der Waals surface area contributed by atoms with Gasteiger partial charge in [0, 0.05) is 19.4 Å². The maximum Gasteiger partial charge on any atom is 0.265 e. The summed E-state index contributed by atoms with van der Waals surface area (Å²) in [6.45, 7) is 1.48. The molecule has 1 aromatic heterocycles. The summed E-state index contributed by atoms with van der Waals surface area (Å²) in [4.78, 5) is 32.2. The quantitative estimate of drug-likeness (QED) is 0.571. The molecule has 134 valence electrons. The Morgan fingerprint density at radius 2 is 2.04 bits per heavy atom. The van der Waals surface area contributed by atoms with Crippen LogP contribution in [-0.4, -0.2) is 40.2 Å². The molecule has 1 saturated heterocycles. The van der Waals surface area contributed by atoms with Crippen LogP contribution >= 0.6 is 35.3 Å². The lowest BCUT2D eigenvalue weighted by molar-refractivity contribution is -0.121. The summed E-state index contributed by atoms with van der Waals surface area (Å²) in [7, 11) is 3.23. The van der Waals surface area contributed by atoms with E-state index in [1.165, 1.54) is 39.8 Å². The number of likely N-dealkylation sites (N-methyl/N-ethyl adjacent to an activating group) is 1. The fourth-order valence-electron chi connectivity index (χ4n) is 2.28. The number of anilines is 2. The highest BCUT2D eigenvalue weighted by molar-refractivity contribution is 8.26. The standard InChI is InChI=1S/C17H15N3O3S3/c1-10(21)20(12-4-6-13(23-3)7-5-12)16-18-11(9-25-16)8-14-15(22)19(2)17(24)26-14/h4-9H,1-3H3/b14-8+. The van der Waals surface area contributed by atoms with Crippen LogP contribution < -0.4 is 9.64 Å². The van der Waals surface area contributed by atoms with Crippen molar-refractivity contribution in [3.63, 3.8) is 0 Å². The van der Waals surface area contributed by atoms with E-state index < -0.39 is 0 Å². The predicted molar refractivity (Wildman–Crippen MR) is 109 cm³/mol. The first-order valence-corrected chi connectivity index (χ1v) is 9.63. The molecule has 3 rings (SSSR count). The molecule has 1 aliphatic rings. The minimum absolute atomic E-state index is 0.145. The smallest absolute Gasteiger partial charge is 0.265 e. The van der Waals surface area contributed by atoms with Crippen molar-refractivity contribution in [2.75, 3.05) is 19.1 Å². The van der Waals surface area contributed by atoms with Gasteiger partial charge in [-0.1, -0.05) is 24.0 Å². The van der Waals surface area contributed by atoms with Crippen LogP contribution in [0.1, 0.15) is 12.6 Å². The van der Waals surface area contributed by atoms with Gasteiger partial charge in [-0.15, -0.1) is 11.3 Å². The van der Waals surface area contributed by atoms with E-state index in [-0.39, 0.29) is 11.8 Å². The van der Waals surface area contributed by atoms with Gasteiger partial charge >= 0.3 is 0 Å². The Morgan fingerprint density at radius 1 is 1.35 bits per heavy atom. The summed E-state index contributed by atoms with van der Waals surface area (Å²) >= 11 is 7.69. The maximum atomic E-state index is 12.2. The number of amides is 2. The van der Waals surface area contributed by atoms with E-state index >= 15 is 0 Å². The molecule has 2 amide bonds. The Labute approximate surface area is 164 Å². The molecular weight excluding hydrogens is 390 g/mol. The van der Waals surface area contributed by atoms with Gasteiger partial charge in [0.05, 0.1) is 23.4 Å². The average molecular weight is 406 g/mol. The number of thioether (sulfide) groups is 1. The van der Waals surface area contributed by atoms with Crippen molar-refractivity contribution in [1.29, 1.82) is 0 Å². The molecule has 0 N–H and O–H groups in total. The fraction of sp³-hybridized carbons (Fsp3) is 0.176. The number of nitrogens with zero attached hydrogens (tertiary/aromatic N) is 3. The molecule has 0 unspecified atom stereocenters. The summed E-state index contributed by atoms with van der Waals surface area (Å²) < 4.78 is 5.66. The zero-order valence-corrected chi connectivity index (χ0v) is 16.7. The molecule has 2 aromatic rings. The van der Waals surface area contributed by atoms with Crippen molar-refractivity contribution in [2.45, 2.75) is 6.92 Å². The van der Waals surface area contributed by atoms with Crippen LogP contribution in [0.25, 0.3) is 6.08 Å². The second-order valence-corrected chi connectivity index (χ2v) is 7.86. The number of carbonyl (C=O) groups is 2. The van der Waals surface area contributed by atoms with Gasteiger partial charge in [-0.25, -0.2) is 4.98 Å². The number of rotatable bonds is 4. The van der Waals surface area contributed by atoms with Crippen LogP contribution in [0.5, 0.6) is 5.75 Å². The SMILES string of the molecule is COc1ccc(N(C(C)=O)c2nc(/C=C3/SC(=S)N(C)C3=O)cs2)cc1. The van der Waals surface area contributed by atoms with Crippen LogP contribution in [0.2, 0.25) is 0 Å². The van der Waals surface area contributed by atoms with E-state index in [9.17, 15) is 9.59 Å². The number of aromatic nitrogens is 1. The van der Waals surface area contributed by atoms with Crippen LogP contribution in [0, 0.1) is 0 Å². The molecule has 0 spiro atoms. The number of methoxy groups -OCH3 is 1. The Balaban J connectivity index is 1.90. The number of carbonyl (C=O) groups excluding carboxylic acids is 2. The minimum Gasteiger partial charge on any atom is -0.497 e. The van der Waals surface area contributed by atoms with Gasteiger partial charge in [0.2, 0.25) is 5.91 Å². The van der Waals surface area contributed by atoms with Gasteiger partial charge in [-0.05, 0) is 30.3 Å². The minimum atomic E-state index is -0.157. The van der Waals surface area contributed by atoms with Crippen LogP contribution in [0.3, 0.4) is 0 Å². The molecule has 26 heavy (non-hydrogen) atoms. The van der Waals surface area contributed by atoms with Crippen LogP contribution in [-0.2, 0) is 9.59 Å². The Kier molecular flexibility index (Phi) is 5.40. The number of thiocarbonyl (C=S) groups is 1. The highest BCUT2D eigenvalue weighted by Crippen LogP contribution is 2.34. The van der Waals surface area contributed by atoms with Gasteiger partial charge in [-0.2, -0.15) is 0 Å². The van der Waals surface area contributed by atoms with E-state index in [0.29, 0.717) is 31.5 Å². The molecule has 0 saturated carbocycles. The first-order chi connectivity index (χ1) is 12.4. The zero-order valence-electron chi connectivity index (χ0n) is 14.3. The highest BCUT2D eigenvalue weighted by Gasteiger charge is 2.29. The fourth-order valence-corrected chi connectivity index (χ4v) is 4.29. The predicted octanol–water partition coefficient (Wildman–Crippen LogP) is 3.67. The third kappa shape index (κ3) is 3.64. The summed E-state index contributed by atoms with van der Waals surface area (Å²) in [5.41, 5.74) is 1.30. The van der Waals surface area contributed by atoms with Crippen LogP contribution in [0.4, 0.5) is 10.8 Å². The van der Waals surface area contributed by atoms with Crippen molar-refractivity contribution < 1.29 is 14.3 Å². The summed E-state index contributed by atoms with van der Waals surface area (Å²) in [5, 5.41) is 2.33. The van der Waals surface area contributed by atoms with Crippen molar-refractivity contribution in [3.05, 3.63) is 40.2 Å². The Morgan fingerprint density at radius 3 is 2.58 bits per heavy atom. The topological polar surface area (TPSA) is 62.7 Å². The van der Waals surface area contributed by atoms with E-state index in [0.717, 1.165) is 0 Å². The maximum absolute atomic E-state index is 12.2. The molecule has 6 nitrogen and oxygen atoms in total. The molecule has 1 aromatic carbocycles. The van der Waals surface area contributed by atoms with Gasteiger partial charge in [0.15, 0.2) is 5.13 Å². The van der Waals surface area contributed by atoms with E-state index in [2.05, 4.69) is 4.98 Å². The number of hydrogen-bond donors (Lipinski definition) is 0. The number of thiazole rings is 1. The number of ether oxygens (including phenoxy) is 1. The lowest BCUT2D eigenvalue weighted by Gasteiger charge is -2.18. The lowest BCUT2D eigenvalue weighted by Crippen LogP contribution is -2.22. The summed E-state index contributed by atoms with van der Waals surface area (Å²) in [6, 6.07) is 7.16. The normalized spacial score (nSPS) is 15.7. The number of hydrogen-bond acceptors (Lipinski definition) is 7. The second kappa shape index (κ2) is 7.56. The zero-order chi connectivity index (χ0) is 18.8. The molecule has 0 aliphatic carbocycles. The summed E-state index contributed by atoms with van der Waals surface area (Å²) in [5.74, 6) is 0.405. The van der Waals surface area contributed by atoms with E-state index in [1.54, 1.807) is 49.9 Å². The first kappa shape index (κ1) is 18.6. The molecular formula is C17H15N3O3S3. The Hall–Kier alpha value is -2.23.